The van der Waals surface area contributed by atoms with Crippen molar-refractivity contribution in [2.75, 3.05) is 5.32 Å². The number of nitrogens with one attached hydrogen (secondary N) is 1. The summed E-state index contributed by atoms with van der Waals surface area (Å²) in [5, 5.41) is 3.51. The molecular formula is C12H12N. The first-order valence-corrected chi connectivity index (χ1v) is 4.84. The molecule has 0 bridgehead atoms. The lowest BCUT2D eigenvalue weighted by molar-refractivity contribution is 0.859. The molecule has 3 rings (SSSR count). The molecule has 0 fully saturated rings. The van der Waals surface area contributed by atoms with Crippen LogP contribution in [0.2, 0.25) is 0 Å². The van der Waals surface area contributed by atoms with Gasteiger partial charge in [-0.25, -0.2) is 0 Å². The van der Waals surface area contributed by atoms with Gasteiger partial charge in [-0.15, -0.1) is 0 Å². The molecule has 1 heterocycles. The maximum absolute atomic E-state index is 3.51. The van der Waals surface area contributed by atoms with Crippen LogP contribution in [0.25, 0.3) is 5.57 Å². The van der Waals surface area contributed by atoms with E-state index in [0.717, 1.165) is 0 Å². The molecule has 1 heteroatoms. The van der Waals surface area contributed by atoms with E-state index in [2.05, 4.69) is 42.1 Å². The largest absolute Gasteiger partial charge is 0.377 e. The second-order valence-corrected chi connectivity index (χ2v) is 3.64. The summed E-state index contributed by atoms with van der Waals surface area (Å²) in [6, 6.07) is 9.03. The first kappa shape index (κ1) is 7.19. The Morgan fingerprint density at radius 2 is 2.08 bits per heavy atom. The average Bonchev–Trinajstić information content (AvgIpc) is 2.56. The molecule has 1 aromatic rings. The Bertz CT molecular complexity index is 365. The van der Waals surface area contributed by atoms with Crippen molar-refractivity contribution in [3.8, 4) is 0 Å². The van der Waals surface area contributed by atoms with Gasteiger partial charge in [0.15, 0.2) is 0 Å². The Morgan fingerprint density at radius 1 is 1.15 bits per heavy atom. The average molecular weight is 170 g/mol. The first-order chi connectivity index (χ1) is 6.45. The van der Waals surface area contributed by atoms with Gasteiger partial charge in [0, 0.05) is 11.3 Å². The van der Waals surface area contributed by atoms with Crippen LogP contribution in [0.5, 0.6) is 0 Å². The summed E-state index contributed by atoms with van der Waals surface area (Å²) in [6.45, 7) is 0. The van der Waals surface area contributed by atoms with Crippen molar-refractivity contribution in [2.24, 2.45) is 0 Å². The molecule has 1 aromatic carbocycles. The summed E-state index contributed by atoms with van der Waals surface area (Å²) < 4.78 is 0. The highest BCUT2D eigenvalue weighted by Crippen LogP contribution is 2.38. The highest BCUT2D eigenvalue weighted by Gasteiger charge is 2.26. The second kappa shape index (κ2) is 2.63. The maximum Gasteiger partial charge on any atom is 0.0549 e. The number of benzene rings is 1. The molecule has 0 saturated carbocycles. The topological polar surface area (TPSA) is 12.0 Å². The third-order valence-electron chi connectivity index (χ3n) is 2.82. The molecule has 2 aliphatic rings. The summed E-state index contributed by atoms with van der Waals surface area (Å²) in [7, 11) is 0. The normalized spacial score (nSPS) is 24.3. The van der Waals surface area contributed by atoms with Gasteiger partial charge in [0.05, 0.1) is 6.04 Å². The number of fused-ring (bicyclic) bond motifs is 3. The Labute approximate surface area is 78.5 Å². The van der Waals surface area contributed by atoms with Gasteiger partial charge < -0.3 is 5.32 Å². The molecule has 1 aliphatic carbocycles. The number of allylic oxidation sites excluding steroid dienone is 1. The van der Waals surface area contributed by atoms with Gasteiger partial charge >= 0.3 is 0 Å². The van der Waals surface area contributed by atoms with Crippen LogP contribution in [0.15, 0.2) is 30.3 Å². The van der Waals surface area contributed by atoms with Crippen molar-refractivity contribution in [3.63, 3.8) is 0 Å². The minimum absolute atomic E-state index is 0.478. The summed E-state index contributed by atoms with van der Waals surface area (Å²) in [5.41, 5.74) is 4.15. The fourth-order valence-corrected chi connectivity index (χ4v) is 2.20. The molecule has 13 heavy (non-hydrogen) atoms. The van der Waals surface area contributed by atoms with Crippen LogP contribution < -0.4 is 5.32 Å². The van der Waals surface area contributed by atoms with Crippen LogP contribution >= 0.6 is 0 Å². The van der Waals surface area contributed by atoms with Crippen LogP contribution in [0, 0.1) is 6.42 Å². The van der Waals surface area contributed by atoms with E-state index in [4.69, 9.17) is 0 Å². The van der Waals surface area contributed by atoms with Gasteiger partial charge in [-0.2, -0.15) is 0 Å². The Balaban J connectivity index is 2.13. The Hall–Kier alpha value is -1.24. The van der Waals surface area contributed by atoms with Crippen LogP contribution in [0.1, 0.15) is 18.4 Å². The number of rotatable bonds is 0. The highest BCUT2D eigenvalue weighted by molar-refractivity contribution is 5.88. The van der Waals surface area contributed by atoms with E-state index in [1.807, 2.05) is 0 Å². The fraction of sp³-hybridized carbons (Fsp3) is 0.250. The number of anilines is 1. The molecule has 1 radical (unpaired) electrons. The predicted octanol–water partition coefficient (Wildman–Crippen LogP) is 2.86. The molecular weight excluding hydrogens is 158 g/mol. The van der Waals surface area contributed by atoms with Crippen molar-refractivity contribution < 1.29 is 0 Å². The number of para-hydroxylation sites is 1. The molecule has 1 atom stereocenters. The van der Waals surface area contributed by atoms with Gasteiger partial charge in [-0.1, -0.05) is 24.3 Å². The van der Waals surface area contributed by atoms with Crippen LogP contribution in [0.3, 0.4) is 0 Å². The van der Waals surface area contributed by atoms with Gasteiger partial charge in [0.1, 0.15) is 0 Å². The van der Waals surface area contributed by atoms with E-state index in [-0.39, 0.29) is 0 Å². The third kappa shape index (κ3) is 0.998. The van der Waals surface area contributed by atoms with Crippen molar-refractivity contribution in [1.82, 2.24) is 0 Å². The lowest BCUT2D eigenvalue weighted by atomic mass is 9.92. The third-order valence-corrected chi connectivity index (χ3v) is 2.82. The minimum Gasteiger partial charge on any atom is -0.377 e. The zero-order chi connectivity index (χ0) is 8.67. The van der Waals surface area contributed by atoms with Crippen molar-refractivity contribution in [2.45, 2.75) is 18.9 Å². The Kier molecular flexibility index (Phi) is 1.45. The molecule has 1 N–H and O–H groups in total. The summed E-state index contributed by atoms with van der Waals surface area (Å²) in [5.74, 6) is 0. The highest BCUT2D eigenvalue weighted by atomic mass is 15.0. The van der Waals surface area contributed by atoms with Crippen molar-refractivity contribution >= 4 is 11.3 Å². The second-order valence-electron chi connectivity index (χ2n) is 3.64. The van der Waals surface area contributed by atoms with Crippen LogP contribution in [-0.2, 0) is 0 Å². The lowest BCUT2D eigenvalue weighted by Crippen LogP contribution is -2.17. The summed E-state index contributed by atoms with van der Waals surface area (Å²) >= 11 is 0. The molecule has 1 unspecified atom stereocenters. The maximum atomic E-state index is 3.51. The quantitative estimate of drug-likeness (QED) is 0.631. The van der Waals surface area contributed by atoms with Crippen molar-refractivity contribution in [3.05, 3.63) is 42.3 Å². The lowest BCUT2D eigenvalue weighted by Gasteiger charge is -2.16. The molecule has 0 saturated heterocycles. The minimum atomic E-state index is 0.478. The molecule has 1 nitrogen and oxygen atoms in total. The van der Waals surface area contributed by atoms with E-state index in [1.54, 1.807) is 0 Å². The van der Waals surface area contributed by atoms with Gasteiger partial charge in [-0.3, -0.25) is 0 Å². The summed E-state index contributed by atoms with van der Waals surface area (Å²) in [4.78, 5) is 0. The van der Waals surface area contributed by atoms with Crippen molar-refractivity contribution in [1.29, 1.82) is 0 Å². The SMILES string of the molecule is [CH]1CCC=C2c3ccccc3NC12. The standard InChI is InChI=1S/C12H12N/c1-3-7-11-9(5-1)10-6-2-4-8-12(10)13-11/h1,3,5-8,12-13H,2,4H2. The Morgan fingerprint density at radius 3 is 3.08 bits per heavy atom. The number of hydrogen-bond acceptors (Lipinski definition) is 1. The van der Waals surface area contributed by atoms with E-state index in [0.29, 0.717) is 6.04 Å². The summed E-state index contributed by atoms with van der Waals surface area (Å²) in [6.07, 6.45) is 7.13. The fourth-order valence-electron chi connectivity index (χ4n) is 2.20. The molecule has 0 amide bonds. The number of hydrogen-bond donors (Lipinski definition) is 1. The molecule has 65 valence electrons. The monoisotopic (exact) mass is 170 g/mol. The van der Waals surface area contributed by atoms with E-state index in [1.165, 1.54) is 29.7 Å². The molecule has 0 spiro atoms. The van der Waals surface area contributed by atoms with E-state index in [9.17, 15) is 0 Å². The zero-order valence-corrected chi connectivity index (χ0v) is 7.46. The zero-order valence-electron chi connectivity index (χ0n) is 7.46. The first-order valence-electron chi connectivity index (χ1n) is 4.84. The predicted molar refractivity (Wildman–Crippen MR) is 55.4 cm³/mol. The van der Waals surface area contributed by atoms with Crippen LogP contribution in [-0.4, -0.2) is 6.04 Å². The molecule has 0 aromatic heterocycles. The van der Waals surface area contributed by atoms with E-state index < -0.39 is 0 Å². The van der Waals surface area contributed by atoms with E-state index >= 15 is 0 Å². The van der Waals surface area contributed by atoms with Crippen LogP contribution in [0.4, 0.5) is 5.69 Å². The van der Waals surface area contributed by atoms with Gasteiger partial charge in [0.2, 0.25) is 0 Å². The smallest absolute Gasteiger partial charge is 0.0549 e. The molecule has 1 aliphatic heterocycles. The van der Waals surface area contributed by atoms with Gasteiger partial charge in [-0.05, 0) is 30.9 Å². The van der Waals surface area contributed by atoms with Gasteiger partial charge in [0.25, 0.3) is 0 Å².